The molecule has 1 amide bonds. The second-order valence-corrected chi connectivity index (χ2v) is 7.18. The summed E-state index contributed by atoms with van der Waals surface area (Å²) < 4.78 is 5.79. The topological polar surface area (TPSA) is 92.9 Å². The molecule has 1 aliphatic rings. The Morgan fingerprint density at radius 2 is 1.71 bits per heavy atom. The van der Waals surface area contributed by atoms with Gasteiger partial charge in [0.1, 0.15) is 11.5 Å². The lowest BCUT2D eigenvalue weighted by atomic mass is 9.69. The maximum atomic E-state index is 12.8. The fraction of sp³-hybridized carbons (Fsp3) is 0.364. The monoisotopic (exact) mass is 382 g/mol. The Labute approximate surface area is 164 Å². The fourth-order valence-electron chi connectivity index (χ4n) is 3.48. The number of carboxylic acid groups (broad SMARTS) is 1. The van der Waals surface area contributed by atoms with Crippen molar-refractivity contribution in [1.29, 1.82) is 0 Å². The molecule has 6 nitrogen and oxygen atoms in total. The van der Waals surface area contributed by atoms with Gasteiger partial charge in [0.2, 0.25) is 5.91 Å². The third-order valence-corrected chi connectivity index (χ3v) is 5.15. The number of hydrogen-bond donors (Lipinski definition) is 2. The molecule has 0 aromatic heterocycles. The van der Waals surface area contributed by atoms with Crippen molar-refractivity contribution in [3.05, 3.63) is 60.2 Å². The van der Waals surface area contributed by atoms with E-state index in [9.17, 15) is 9.59 Å². The van der Waals surface area contributed by atoms with Gasteiger partial charge < -0.3 is 20.5 Å². The Hall–Kier alpha value is -2.86. The summed E-state index contributed by atoms with van der Waals surface area (Å²) in [6.45, 7) is 3.10. The lowest BCUT2D eigenvalue weighted by Gasteiger charge is -2.41. The highest BCUT2D eigenvalue weighted by atomic mass is 16.5. The van der Waals surface area contributed by atoms with E-state index < -0.39 is 23.8 Å². The zero-order chi connectivity index (χ0) is 20.1. The van der Waals surface area contributed by atoms with Crippen molar-refractivity contribution >= 4 is 11.9 Å². The number of benzene rings is 2. The maximum absolute atomic E-state index is 12.8. The number of nitrogens with two attached hydrogens (primary N) is 1. The van der Waals surface area contributed by atoms with Crippen LogP contribution >= 0.6 is 0 Å². The van der Waals surface area contributed by atoms with Crippen LogP contribution in [0.15, 0.2) is 54.6 Å². The molecule has 0 aliphatic heterocycles. The predicted molar refractivity (Wildman–Crippen MR) is 106 cm³/mol. The Balaban J connectivity index is 1.62. The quantitative estimate of drug-likeness (QED) is 0.731. The van der Waals surface area contributed by atoms with Crippen LogP contribution in [0, 0.1) is 11.8 Å². The van der Waals surface area contributed by atoms with E-state index in [1.54, 1.807) is 4.90 Å². The number of nitrogens with zero attached hydrogens (tertiary/aromatic N) is 1. The van der Waals surface area contributed by atoms with Crippen LogP contribution in [0.4, 0.5) is 0 Å². The second kappa shape index (κ2) is 8.89. The number of amides is 1. The summed E-state index contributed by atoms with van der Waals surface area (Å²) in [4.78, 5) is 25.7. The molecule has 28 heavy (non-hydrogen) atoms. The molecular formula is C22H26N2O4. The molecule has 0 heterocycles. The zero-order valence-electron chi connectivity index (χ0n) is 16.0. The van der Waals surface area contributed by atoms with E-state index in [-0.39, 0.29) is 5.91 Å². The summed E-state index contributed by atoms with van der Waals surface area (Å²) >= 11 is 0. The number of rotatable bonds is 8. The normalized spacial score (nSPS) is 20.9. The SMILES string of the molecule is CCCN(Cc1ccc(Oc2ccccc2)cc1)C(=O)C1CC(C(=O)O)C1N. The number of ether oxygens (including phenoxy) is 1. The highest BCUT2D eigenvalue weighted by Gasteiger charge is 2.48. The standard InChI is InChI=1S/C22H26N2O4/c1-2-12-24(21(25)18-13-19(20(18)23)22(26)27)14-15-8-10-17(11-9-15)28-16-6-4-3-5-7-16/h3-11,18-20H,2,12-14,23H2,1H3,(H,26,27). The third kappa shape index (κ3) is 4.51. The Kier molecular flexibility index (Phi) is 6.31. The van der Waals surface area contributed by atoms with E-state index >= 15 is 0 Å². The van der Waals surface area contributed by atoms with E-state index in [1.165, 1.54) is 0 Å². The number of carbonyl (C=O) groups is 2. The van der Waals surface area contributed by atoms with E-state index in [2.05, 4.69) is 0 Å². The molecule has 3 unspecified atom stereocenters. The molecule has 3 atom stereocenters. The van der Waals surface area contributed by atoms with Crippen LogP contribution in [0.2, 0.25) is 0 Å². The van der Waals surface area contributed by atoms with Gasteiger partial charge >= 0.3 is 5.97 Å². The number of para-hydroxylation sites is 1. The van der Waals surface area contributed by atoms with Crippen LogP contribution in [0.25, 0.3) is 0 Å². The van der Waals surface area contributed by atoms with Gasteiger partial charge in [-0.2, -0.15) is 0 Å². The zero-order valence-corrected chi connectivity index (χ0v) is 16.0. The lowest BCUT2D eigenvalue weighted by Crippen LogP contribution is -2.58. The molecule has 3 N–H and O–H groups in total. The summed E-state index contributed by atoms with van der Waals surface area (Å²) in [5.41, 5.74) is 6.94. The molecule has 2 aromatic carbocycles. The maximum Gasteiger partial charge on any atom is 0.308 e. The molecule has 1 fully saturated rings. The summed E-state index contributed by atoms with van der Waals surface area (Å²) in [6, 6.07) is 16.6. The summed E-state index contributed by atoms with van der Waals surface area (Å²) in [5.74, 6) is -0.511. The molecule has 0 radical (unpaired) electrons. The average Bonchev–Trinajstić information content (AvgIpc) is 2.68. The van der Waals surface area contributed by atoms with Crippen LogP contribution in [-0.4, -0.2) is 34.5 Å². The number of hydrogen-bond acceptors (Lipinski definition) is 4. The molecule has 0 spiro atoms. The Morgan fingerprint density at radius 3 is 2.29 bits per heavy atom. The Bertz CT molecular complexity index is 807. The van der Waals surface area contributed by atoms with Gasteiger partial charge in [-0.05, 0) is 42.7 Å². The van der Waals surface area contributed by atoms with Crippen molar-refractivity contribution in [3.8, 4) is 11.5 Å². The van der Waals surface area contributed by atoms with E-state index in [1.807, 2.05) is 61.5 Å². The van der Waals surface area contributed by atoms with E-state index in [0.29, 0.717) is 19.5 Å². The first-order valence-corrected chi connectivity index (χ1v) is 9.58. The molecule has 0 saturated heterocycles. The lowest BCUT2D eigenvalue weighted by molar-refractivity contribution is -0.153. The molecule has 2 aromatic rings. The highest BCUT2D eigenvalue weighted by molar-refractivity contribution is 5.84. The predicted octanol–water partition coefficient (Wildman–Crippen LogP) is 3.27. The fourth-order valence-corrected chi connectivity index (χ4v) is 3.48. The summed E-state index contributed by atoms with van der Waals surface area (Å²) in [6.07, 6.45) is 1.14. The van der Waals surface area contributed by atoms with Crippen LogP contribution < -0.4 is 10.5 Å². The molecule has 1 aliphatic carbocycles. The van der Waals surface area contributed by atoms with Crippen molar-refractivity contribution in [3.63, 3.8) is 0 Å². The van der Waals surface area contributed by atoms with Crippen molar-refractivity contribution in [2.24, 2.45) is 17.6 Å². The molecule has 148 valence electrons. The number of carboxylic acids is 1. The molecule has 3 rings (SSSR count). The van der Waals surface area contributed by atoms with Gasteiger partial charge in [0.05, 0.1) is 11.8 Å². The van der Waals surface area contributed by atoms with Crippen LogP contribution in [0.5, 0.6) is 11.5 Å². The minimum Gasteiger partial charge on any atom is -0.481 e. The van der Waals surface area contributed by atoms with Crippen LogP contribution in [0.3, 0.4) is 0 Å². The number of carbonyl (C=O) groups excluding carboxylic acids is 1. The van der Waals surface area contributed by atoms with Crippen LogP contribution in [0.1, 0.15) is 25.3 Å². The summed E-state index contributed by atoms with van der Waals surface area (Å²) in [7, 11) is 0. The minimum absolute atomic E-state index is 0.0588. The second-order valence-electron chi connectivity index (χ2n) is 7.18. The molecular weight excluding hydrogens is 356 g/mol. The van der Waals surface area contributed by atoms with Crippen LogP contribution in [-0.2, 0) is 16.1 Å². The third-order valence-electron chi connectivity index (χ3n) is 5.15. The minimum atomic E-state index is -0.924. The molecule has 6 heteroatoms. The van der Waals surface area contributed by atoms with Gasteiger partial charge in [-0.25, -0.2) is 0 Å². The van der Waals surface area contributed by atoms with E-state index in [0.717, 1.165) is 23.5 Å². The summed E-state index contributed by atoms with van der Waals surface area (Å²) in [5, 5.41) is 9.10. The highest BCUT2D eigenvalue weighted by Crippen LogP contribution is 2.34. The van der Waals surface area contributed by atoms with Gasteiger partial charge in [0.15, 0.2) is 0 Å². The van der Waals surface area contributed by atoms with Gasteiger partial charge in [-0.15, -0.1) is 0 Å². The van der Waals surface area contributed by atoms with E-state index in [4.69, 9.17) is 15.6 Å². The van der Waals surface area contributed by atoms with Gasteiger partial charge in [0.25, 0.3) is 0 Å². The van der Waals surface area contributed by atoms with Crippen molar-refractivity contribution < 1.29 is 19.4 Å². The molecule has 0 bridgehead atoms. The van der Waals surface area contributed by atoms with Gasteiger partial charge in [-0.1, -0.05) is 37.3 Å². The number of aliphatic carboxylic acids is 1. The Morgan fingerprint density at radius 1 is 1.07 bits per heavy atom. The first-order valence-electron chi connectivity index (χ1n) is 9.58. The smallest absolute Gasteiger partial charge is 0.308 e. The van der Waals surface area contributed by atoms with Crippen molar-refractivity contribution in [2.75, 3.05) is 6.54 Å². The first kappa shape index (κ1) is 19.9. The van der Waals surface area contributed by atoms with Gasteiger partial charge in [-0.3, -0.25) is 9.59 Å². The van der Waals surface area contributed by atoms with Crippen molar-refractivity contribution in [2.45, 2.75) is 32.4 Å². The average molecular weight is 382 g/mol. The molecule has 1 saturated carbocycles. The largest absolute Gasteiger partial charge is 0.481 e. The first-order chi connectivity index (χ1) is 13.5. The van der Waals surface area contributed by atoms with Gasteiger partial charge in [0, 0.05) is 19.1 Å². The van der Waals surface area contributed by atoms with Crippen molar-refractivity contribution in [1.82, 2.24) is 4.90 Å².